The molecule has 5 aromatic carbocycles. The third-order valence-electron chi connectivity index (χ3n) is 5.69. The van der Waals surface area contributed by atoms with Crippen molar-refractivity contribution in [2.45, 2.75) is 0 Å². The molecule has 0 unspecified atom stereocenters. The van der Waals surface area contributed by atoms with Crippen molar-refractivity contribution >= 4 is 43.5 Å². The van der Waals surface area contributed by atoms with E-state index in [-0.39, 0.29) is 0 Å². The van der Waals surface area contributed by atoms with Crippen molar-refractivity contribution in [1.29, 1.82) is 0 Å². The molecule has 0 atom stereocenters. The average Bonchev–Trinajstić information content (AvgIpc) is 2.85. The Morgan fingerprint density at radius 1 is 0.394 bits per heavy atom. The molecule has 0 heterocycles. The summed E-state index contributed by atoms with van der Waals surface area (Å²) in [5.74, 6) is 0. The molecule has 0 amide bonds. The Hall–Kier alpha value is -2.65. The third kappa shape index (κ3) is 4.70. The molecule has 0 aliphatic rings. The minimum absolute atomic E-state index is 0.741. The molecule has 0 saturated heterocycles. The van der Waals surface area contributed by atoms with E-state index in [2.05, 4.69) is 117 Å². The van der Waals surface area contributed by atoms with E-state index >= 15 is 0 Å². The first-order valence-electron chi connectivity index (χ1n) is 10.6. The van der Waals surface area contributed by atoms with E-state index < -0.39 is 0 Å². The van der Waals surface area contributed by atoms with Crippen molar-refractivity contribution in [3.8, 4) is 44.5 Å². The van der Waals surface area contributed by atoms with Gasteiger partial charge in [-0.05, 0) is 81.4 Å². The number of halogens is 3. The van der Waals surface area contributed by atoms with E-state index in [9.17, 15) is 0 Å². The molecule has 160 valence electrons. The predicted molar refractivity (Wildman–Crippen MR) is 149 cm³/mol. The van der Waals surface area contributed by atoms with Gasteiger partial charge in [-0.3, -0.25) is 0 Å². The summed E-state index contributed by atoms with van der Waals surface area (Å²) in [5.41, 5.74) is 9.01. The first-order valence-corrected chi connectivity index (χ1v) is 12.6. The molecular weight excluding hydrogens is 556 g/mol. The van der Waals surface area contributed by atoms with Gasteiger partial charge in [-0.1, -0.05) is 116 Å². The fourth-order valence-corrected chi connectivity index (χ4v) is 5.28. The lowest BCUT2D eigenvalue weighted by Crippen LogP contribution is -1.89. The normalized spacial score (nSPS) is 10.9. The van der Waals surface area contributed by atoms with Crippen LogP contribution in [0.5, 0.6) is 0 Å². The van der Waals surface area contributed by atoms with Gasteiger partial charge in [-0.15, -0.1) is 0 Å². The molecule has 0 fully saturated rings. The molecular formula is C30H19Br2Cl. The van der Waals surface area contributed by atoms with Crippen LogP contribution in [0.25, 0.3) is 44.5 Å². The van der Waals surface area contributed by atoms with Crippen LogP contribution in [-0.4, -0.2) is 0 Å². The maximum Gasteiger partial charge on any atom is 0.0484 e. The number of hydrogen-bond acceptors (Lipinski definition) is 0. The Labute approximate surface area is 216 Å². The molecule has 3 heteroatoms. The lowest BCUT2D eigenvalue weighted by atomic mass is 9.92. The van der Waals surface area contributed by atoms with Crippen molar-refractivity contribution in [3.05, 3.63) is 129 Å². The maximum atomic E-state index is 6.60. The Bertz CT molecular complexity index is 1380. The quantitative estimate of drug-likeness (QED) is 0.200. The van der Waals surface area contributed by atoms with Gasteiger partial charge in [-0.2, -0.15) is 0 Å². The lowest BCUT2D eigenvalue weighted by Gasteiger charge is -2.15. The van der Waals surface area contributed by atoms with Crippen LogP contribution in [-0.2, 0) is 0 Å². The molecule has 33 heavy (non-hydrogen) atoms. The van der Waals surface area contributed by atoms with Crippen LogP contribution >= 0.6 is 43.5 Å². The summed E-state index contributed by atoms with van der Waals surface area (Å²) in [7, 11) is 0. The topological polar surface area (TPSA) is 0 Å². The highest BCUT2D eigenvalue weighted by atomic mass is 79.9. The number of benzene rings is 5. The summed E-state index contributed by atoms with van der Waals surface area (Å²) in [5, 5.41) is 0.741. The molecule has 0 aliphatic carbocycles. The van der Waals surface area contributed by atoms with Crippen LogP contribution in [0.3, 0.4) is 0 Å². The van der Waals surface area contributed by atoms with Gasteiger partial charge in [0.2, 0.25) is 0 Å². The van der Waals surface area contributed by atoms with E-state index in [0.717, 1.165) is 47.3 Å². The van der Waals surface area contributed by atoms with Crippen LogP contribution < -0.4 is 0 Å². The zero-order valence-electron chi connectivity index (χ0n) is 17.6. The highest BCUT2D eigenvalue weighted by Gasteiger charge is 2.13. The Balaban J connectivity index is 1.74. The maximum absolute atomic E-state index is 6.60. The summed E-state index contributed by atoms with van der Waals surface area (Å²) in [6.45, 7) is 0. The van der Waals surface area contributed by atoms with E-state index in [4.69, 9.17) is 11.6 Å². The zero-order chi connectivity index (χ0) is 22.8. The second kappa shape index (κ2) is 9.69. The third-order valence-corrected chi connectivity index (χ3v) is 7.40. The van der Waals surface area contributed by atoms with Crippen molar-refractivity contribution in [2.75, 3.05) is 0 Å². The fraction of sp³-hybridized carbons (Fsp3) is 0. The summed E-state index contributed by atoms with van der Waals surface area (Å²) >= 11 is 14.1. The molecule has 0 aliphatic heterocycles. The number of hydrogen-bond donors (Lipinski definition) is 0. The largest absolute Gasteiger partial charge is 0.0837 e. The van der Waals surface area contributed by atoms with E-state index in [1.807, 2.05) is 30.3 Å². The van der Waals surface area contributed by atoms with Gasteiger partial charge in [0.25, 0.3) is 0 Å². The average molecular weight is 575 g/mol. The molecule has 0 aromatic heterocycles. The molecule has 0 N–H and O–H groups in total. The van der Waals surface area contributed by atoms with Crippen LogP contribution in [0.2, 0.25) is 5.02 Å². The van der Waals surface area contributed by atoms with Crippen LogP contribution in [0.15, 0.2) is 124 Å². The second-order valence-electron chi connectivity index (χ2n) is 7.82. The second-order valence-corrected chi connectivity index (χ2v) is 9.94. The van der Waals surface area contributed by atoms with Crippen molar-refractivity contribution in [2.24, 2.45) is 0 Å². The van der Waals surface area contributed by atoms with E-state index in [1.54, 1.807) is 0 Å². The summed E-state index contributed by atoms with van der Waals surface area (Å²) in [4.78, 5) is 0. The summed E-state index contributed by atoms with van der Waals surface area (Å²) < 4.78 is 2.11. The zero-order valence-corrected chi connectivity index (χ0v) is 21.5. The SMILES string of the molecule is Clc1ccccc1-c1cc(-c2ccccc2Br)cc(-c2cc(-c3ccccc3)ccc2Br)c1. The highest BCUT2D eigenvalue weighted by Crippen LogP contribution is 2.40. The Kier molecular flexibility index (Phi) is 6.50. The Morgan fingerprint density at radius 3 is 1.64 bits per heavy atom. The lowest BCUT2D eigenvalue weighted by molar-refractivity contribution is 1.53. The van der Waals surface area contributed by atoms with Gasteiger partial charge >= 0.3 is 0 Å². The molecule has 0 bridgehead atoms. The molecule has 0 radical (unpaired) electrons. The van der Waals surface area contributed by atoms with E-state index in [1.165, 1.54) is 11.1 Å². The highest BCUT2D eigenvalue weighted by molar-refractivity contribution is 9.11. The number of rotatable bonds is 4. The minimum atomic E-state index is 0.741. The molecule has 5 rings (SSSR count). The Morgan fingerprint density at radius 2 is 0.939 bits per heavy atom. The summed E-state index contributed by atoms with van der Waals surface area (Å²) in [6, 6.07) is 39.9. The fourth-order valence-electron chi connectivity index (χ4n) is 4.04. The van der Waals surface area contributed by atoms with Crippen molar-refractivity contribution < 1.29 is 0 Å². The van der Waals surface area contributed by atoms with Gasteiger partial charge in [-0.25, -0.2) is 0 Å². The first-order chi connectivity index (χ1) is 16.1. The van der Waals surface area contributed by atoms with Gasteiger partial charge in [0.15, 0.2) is 0 Å². The first kappa shape index (κ1) is 22.2. The molecule has 0 saturated carbocycles. The van der Waals surface area contributed by atoms with Crippen LogP contribution in [0.1, 0.15) is 0 Å². The standard InChI is InChI=1S/C30H19Br2Cl/c31-28-12-6-4-10-25(28)22-16-23(26-11-5-7-13-30(26)33)18-24(17-22)27-19-21(14-15-29(27)32)20-8-2-1-3-9-20/h1-19H. The predicted octanol–water partition coefficient (Wildman–Crippen LogP) is 10.5. The van der Waals surface area contributed by atoms with Gasteiger partial charge in [0.1, 0.15) is 0 Å². The van der Waals surface area contributed by atoms with Crippen LogP contribution in [0, 0.1) is 0 Å². The molecule has 0 spiro atoms. The van der Waals surface area contributed by atoms with Gasteiger partial charge in [0.05, 0.1) is 0 Å². The van der Waals surface area contributed by atoms with E-state index in [0.29, 0.717) is 0 Å². The smallest absolute Gasteiger partial charge is 0.0484 e. The van der Waals surface area contributed by atoms with Crippen LogP contribution in [0.4, 0.5) is 0 Å². The minimum Gasteiger partial charge on any atom is -0.0837 e. The van der Waals surface area contributed by atoms with Gasteiger partial charge in [0, 0.05) is 19.5 Å². The monoisotopic (exact) mass is 572 g/mol. The van der Waals surface area contributed by atoms with Crippen molar-refractivity contribution in [1.82, 2.24) is 0 Å². The van der Waals surface area contributed by atoms with Crippen molar-refractivity contribution in [3.63, 3.8) is 0 Å². The van der Waals surface area contributed by atoms with Gasteiger partial charge < -0.3 is 0 Å². The molecule has 0 nitrogen and oxygen atoms in total. The summed E-state index contributed by atoms with van der Waals surface area (Å²) in [6.07, 6.45) is 0. The molecule has 5 aromatic rings.